The van der Waals surface area contributed by atoms with Gasteiger partial charge in [0.2, 0.25) is 0 Å². The lowest BCUT2D eigenvalue weighted by Gasteiger charge is -1.94. The Labute approximate surface area is 101 Å². The molecule has 1 aromatic carbocycles. The standard InChI is InChI=1S/C10H7N3OS2/c1-11-6-3-4-7-8(5-6)16-9(12-7)13-10(14)15-2/h3-5H,2H3,(H,12,13,14). The Kier molecular flexibility index (Phi) is 3.08. The zero-order valence-electron chi connectivity index (χ0n) is 8.35. The van der Waals surface area contributed by atoms with Crippen LogP contribution in [0.4, 0.5) is 15.6 Å². The molecule has 4 nitrogen and oxygen atoms in total. The van der Waals surface area contributed by atoms with E-state index in [1.165, 1.54) is 11.3 Å². The molecule has 0 saturated carbocycles. The molecule has 1 N–H and O–H groups in total. The Balaban J connectivity index is 2.37. The molecule has 0 aliphatic carbocycles. The molecule has 0 radical (unpaired) electrons. The molecule has 0 bridgehead atoms. The summed E-state index contributed by atoms with van der Waals surface area (Å²) in [6.45, 7) is 6.90. The smallest absolute Gasteiger partial charge is 0.284 e. The van der Waals surface area contributed by atoms with Gasteiger partial charge in [0.1, 0.15) is 0 Å². The van der Waals surface area contributed by atoms with Crippen molar-refractivity contribution in [3.8, 4) is 0 Å². The summed E-state index contributed by atoms with van der Waals surface area (Å²) >= 11 is 2.48. The molecule has 1 aromatic heterocycles. The van der Waals surface area contributed by atoms with E-state index in [1.54, 1.807) is 24.5 Å². The van der Waals surface area contributed by atoms with Gasteiger partial charge in [0.05, 0.1) is 12.1 Å². The molecule has 1 heterocycles. The Morgan fingerprint density at radius 3 is 3.12 bits per heavy atom. The number of carbonyl (C=O) groups is 1. The molecule has 0 unspecified atom stereocenters. The fourth-order valence-electron chi connectivity index (χ4n) is 1.17. The number of hydrogen-bond donors (Lipinski definition) is 1. The molecule has 2 rings (SSSR count). The minimum atomic E-state index is -0.135. The average molecular weight is 249 g/mol. The molecular formula is C10H7N3OS2. The van der Waals surface area contributed by atoms with Crippen molar-refractivity contribution >= 4 is 49.4 Å². The molecule has 2 aromatic rings. The molecule has 0 fully saturated rings. The molecule has 1 amide bonds. The van der Waals surface area contributed by atoms with Crippen molar-refractivity contribution in [1.82, 2.24) is 4.98 Å². The van der Waals surface area contributed by atoms with Crippen molar-refractivity contribution in [1.29, 1.82) is 0 Å². The summed E-state index contributed by atoms with van der Waals surface area (Å²) in [5.41, 5.74) is 1.38. The normalized spacial score (nSPS) is 10.0. The monoisotopic (exact) mass is 249 g/mol. The number of carbonyl (C=O) groups excluding carboxylic acids is 1. The third-order valence-electron chi connectivity index (χ3n) is 1.90. The quantitative estimate of drug-likeness (QED) is 0.783. The Morgan fingerprint density at radius 2 is 2.44 bits per heavy atom. The van der Waals surface area contributed by atoms with Crippen molar-refractivity contribution < 1.29 is 4.79 Å². The Morgan fingerprint density at radius 1 is 1.62 bits per heavy atom. The minimum absolute atomic E-state index is 0.135. The number of thiazole rings is 1. The molecule has 0 aliphatic heterocycles. The maximum atomic E-state index is 11.2. The predicted octanol–water partition coefficient (Wildman–Crippen LogP) is 3.74. The largest absolute Gasteiger partial charge is 0.293 e. The molecule has 0 spiro atoms. The van der Waals surface area contributed by atoms with Gasteiger partial charge in [-0.25, -0.2) is 9.83 Å². The lowest BCUT2D eigenvalue weighted by molar-refractivity contribution is 0.270. The number of amides is 1. The van der Waals surface area contributed by atoms with E-state index in [0.29, 0.717) is 10.8 Å². The van der Waals surface area contributed by atoms with Crippen LogP contribution in [0.25, 0.3) is 15.1 Å². The van der Waals surface area contributed by atoms with Crippen molar-refractivity contribution in [3.05, 3.63) is 29.6 Å². The molecule has 0 aliphatic rings. The highest BCUT2D eigenvalue weighted by Crippen LogP contribution is 2.29. The van der Waals surface area contributed by atoms with Gasteiger partial charge in [0.25, 0.3) is 5.24 Å². The molecule has 0 saturated heterocycles. The van der Waals surface area contributed by atoms with Gasteiger partial charge >= 0.3 is 0 Å². The van der Waals surface area contributed by atoms with Crippen LogP contribution in [0.15, 0.2) is 18.2 Å². The summed E-state index contributed by atoms with van der Waals surface area (Å²) in [6.07, 6.45) is 1.71. The van der Waals surface area contributed by atoms with Crippen molar-refractivity contribution in [2.75, 3.05) is 11.6 Å². The first kappa shape index (κ1) is 10.9. The van der Waals surface area contributed by atoms with E-state index in [1.807, 2.05) is 0 Å². The zero-order valence-corrected chi connectivity index (χ0v) is 9.98. The summed E-state index contributed by atoms with van der Waals surface area (Å²) < 4.78 is 0.907. The molecule has 80 valence electrons. The molecule has 6 heteroatoms. The summed E-state index contributed by atoms with van der Waals surface area (Å²) in [5.74, 6) is 0. The highest BCUT2D eigenvalue weighted by molar-refractivity contribution is 8.13. The van der Waals surface area contributed by atoms with Crippen molar-refractivity contribution in [3.63, 3.8) is 0 Å². The summed E-state index contributed by atoms with van der Waals surface area (Å²) in [5, 5.41) is 3.10. The second-order valence-corrected chi connectivity index (χ2v) is 4.71. The van der Waals surface area contributed by atoms with E-state index in [4.69, 9.17) is 6.57 Å². The number of anilines is 1. The minimum Gasteiger partial charge on any atom is -0.293 e. The first-order valence-corrected chi connectivity index (χ1v) is 6.40. The maximum Gasteiger partial charge on any atom is 0.284 e. The van der Waals surface area contributed by atoms with Gasteiger partial charge in [0, 0.05) is 4.70 Å². The van der Waals surface area contributed by atoms with Crippen LogP contribution >= 0.6 is 23.1 Å². The fourth-order valence-corrected chi connectivity index (χ4v) is 2.33. The number of nitrogens with zero attached hydrogens (tertiary/aromatic N) is 2. The van der Waals surface area contributed by atoms with Crippen LogP contribution in [-0.4, -0.2) is 16.5 Å². The van der Waals surface area contributed by atoms with Crippen LogP contribution in [0, 0.1) is 6.57 Å². The number of rotatable bonds is 1. The van der Waals surface area contributed by atoms with Gasteiger partial charge in [-0.05, 0) is 18.4 Å². The Bertz CT molecular complexity index is 585. The van der Waals surface area contributed by atoms with E-state index in [0.717, 1.165) is 22.0 Å². The summed E-state index contributed by atoms with van der Waals surface area (Å²) in [6, 6.07) is 5.28. The molecule has 0 atom stereocenters. The van der Waals surface area contributed by atoms with Crippen LogP contribution < -0.4 is 5.32 Å². The number of nitrogens with one attached hydrogen (secondary N) is 1. The second kappa shape index (κ2) is 4.51. The van der Waals surface area contributed by atoms with Crippen LogP contribution in [0.3, 0.4) is 0 Å². The lowest BCUT2D eigenvalue weighted by Crippen LogP contribution is -2.02. The fraction of sp³-hybridized carbons (Fsp3) is 0.100. The molecular weight excluding hydrogens is 242 g/mol. The SMILES string of the molecule is [C-]#[N+]c1ccc2nc(NC(=O)SC)sc2c1. The van der Waals surface area contributed by atoms with E-state index >= 15 is 0 Å². The summed E-state index contributed by atoms with van der Waals surface area (Å²) in [4.78, 5) is 18.7. The number of fused-ring (bicyclic) bond motifs is 1. The van der Waals surface area contributed by atoms with Crippen molar-refractivity contribution in [2.45, 2.75) is 0 Å². The van der Waals surface area contributed by atoms with Crippen molar-refractivity contribution in [2.24, 2.45) is 0 Å². The number of thioether (sulfide) groups is 1. The topological polar surface area (TPSA) is 46.4 Å². The van der Waals surface area contributed by atoms with Gasteiger partial charge in [-0.2, -0.15) is 0 Å². The van der Waals surface area contributed by atoms with Gasteiger partial charge in [-0.3, -0.25) is 10.1 Å². The van der Waals surface area contributed by atoms with Crippen LogP contribution in [0.1, 0.15) is 0 Å². The van der Waals surface area contributed by atoms with E-state index in [-0.39, 0.29) is 5.24 Å². The third kappa shape index (κ3) is 2.15. The van der Waals surface area contributed by atoms with Gasteiger partial charge in [0.15, 0.2) is 10.8 Å². The van der Waals surface area contributed by atoms with Gasteiger partial charge in [-0.15, -0.1) is 0 Å². The number of benzene rings is 1. The second-order valence-electron chi connectivity index (χ2n) is 2.90. The van der Waals surface area contributed by atoms with E-state index in [9.17, 15) is 4.79 Å². The van der Waals surface area contributed by atoms with Gasteiger partial charge < -0.3 is 0 Å². The Hall–Kier alpha value is -1.58. The average Bonchev–Trinajstić information content (AvgIpc) is 2.69. The third-order valence-corrected chi connectivity index (χ3v) is 3.30. The zero-order chi connectivity index (χ0) is 11.5. The first-order chi connectivity index (χ1) is 7.72. The van der Waals surface area contributed by atoms with Crippen LogP contribution in [0.2, 0.25) is 0 Å². The van der Waals surface area contributed by atoms with E-state index < -0.39 is 0 Å². The number of hydrogen-bond acceptors (Lipinski definition) is 4. The first-order valence-electron chi connectivity index (χ1n) is 4.36. The predicted molar refractivity (Wildman–Crippen MR) is 68.4 cm³/mol. The van der Waals surface area contributed by atoms with Crippen LogP contribution in [-0.2, 0) is 0 Å². The van der Waals surface area contributed by atoms with Crippen LogP contribution in [0.5, 0.6) is 0 Å². The highest BCUT2D eigenvalue weighted by Gasteiger charge is 2.06. The number of aromatic nitrogens is 1. The summed E-state index contributed by atoms with van der Waals surface area (Å²) in [7, 11) is 0. The molecule has 16 heavy (non-hydrogen) atoms. The van der Waals surface area contributed by atoms with E-state index in [2.05, 4.69) is 15.1 Å². The lowest BCUT2D eigenvalue weighted by atomic mass is 10.3. The maximum absolute atomic E-state index is 11.2. The highest BCUT2D eigenvalue weighted by atomic mass is 32.2. The van der Waals surface area contributed by atoms with Gasteiger partial charge in [-0.1, -0.05) is 29.2 Å².